The van der Waals surface area contributed by atoms with Crippen molar-refractivity contribution < 1.29 is 9.90 Å². The molecular formula is C15H30N2O2. The number of hydrogen-bond acceptors (Lipinski definition) is 3. The first-order chi connectivity index (χ1) is 8.85. The molecule has 1 aliphatic heterocycles. The third-order valence-electron chi connectivity index (χ3n) is 4.12. The molecule has 0 bridgehead atoms. The number of aliphatic hydroxyl groups excluding tert-OH is 1. The van der Waals surface area contributed by atoms with Gasteiger partial charge < -0.3 is 15.7 Å². The Balaban J connectivity index is 2.74. The summed E-state index contributed by atoms with van der Waals surface area (Å²) in [5.74, 6) is 0.111. The van der Waals surface area contributed by atoms with Crippen LogP contribution >= 0.6 is 0 Å². The van der Waals surface area contributed by atoms with E-state index >= 15 is 0 Å². The summed E-state index contributed by atoms with van der Waals surface area (Å²) in [5, 5.41) is 15.7. The summed E-state index contributed by atoms with van der Waals surface area (Å²) in [6.45, 7) is 9.44. The van der Waals surface area contributed by atoms with Gasteiger partial charge in [-0.3, -0.25) is 4.79 Å². The molecule has 0 spiro atoms. The Morgan fingerprint density at radius 2 is 2.16 bits per heavy atom. The average Bonchev–Trinajstić information content (AvgIpc) is 2.77. The van der Waals surface area contributed by atoms with E-state index in [2.05, 4.69) is 38.3 Å². The number of aliphatic hydroxyl groups is 1. The van der Waals surface area contributed by atoms with Crippen molar-refractivity contribution in [3.05, 3.63) is 0 Å². The van der Waals surface area contributed by atoms with Crippen molar-refractivity contribution in [3.63, 3.8) is 0 Å². The van der Waals surface area contributed by atoms with Crippen LogP contribution in [0.2, 0.25) is 0 Å². The number of carbonyl (C=O) groups excluding carboxylic acids is 1. The van der Waals surface area contributed by atoms with E-state index in [-0.39, 0.29) is 29.5 Å². The second-order valence-corrected chi connectivity index (χ2v) is 6.77. The molecule has 0 radical (unpaired) electrons. The van der Waals surface area contributed by atoms with Crippen molar-refractivity contribution in [2.75, 3.05) is 13.2 Å². The first-order valence-electron chi connectivity index (χ1n) is 7.52. The molecule has 1 saturated heterocycles. The van der Waals surface area contributed by atoms with Crippen LogP contribution in [0.25, 0.3) is 0 Å². The summed E-state index contributed by atoms with van der Waals surface area (Å²) in [5.41, 5.74) is -0.419. The summed E-state index contributed by atoms with van der Waals surface area (Å²) in [4.78, 5) is 12.6. The molecule has 0 saturated carbocycles. The predicted molar refractivity (Wildman–Crippen MR) is 78.0 cm³/mol. The second-order valence-electron chi connectivity index (χ2n) is 6.77. The molecule has 1 fully saturated rings. The molecule has 0 aromatic heterocycles. The normalized spacial score (nSPS) is 25.3. The van der Waals surface area contributed by atoms with Crippen LogP contribution in [0.3, 0.4) is 0 Å². The maximum atomic E-state index is 12.6. The third kappa shape index (κ3) is 4.18. The highest BCUT2D eigenvalue weighted by Crippen LogP contribution is 2.27. The van der Waals surface area contributed by atoms with Gasteiger partial charge in [0.2, 0.25) is 5.91 Å². The van der Waals surface area contributed by atoms with Crippen LogP contribution in [0.15, 0.2) is 0 Å². The molecule has 1 heterocycles. The lowest BCUT2D eigenvalue weighted by Gasteiger charge is -2.36. The topological polar surface area (TPSA) is 61.4 Å². The van der Waals surface area contributed by atoms with E-state index in [9.17, 15) is 9.90 Å². The van der Waals surface area contributed by atoms with Crippen molar-refractivity contribution in [2.45, 2.75) is 71.4 Å². The van der Waals surface area contributed by atoms with Crippen LogP contribution in [0, 0.1) is 5.41 Å². The number of nitrogens with one attached hydrogen (secondary N) is 2. The minimum Gasteiger partial charge on any atom is -0.396 e. The van der Waals surface area contributed by atoms with Gasteiger partial charge in [0, 0.05) is 12.6 Å². The van der Waals surface area contributed by atoms with Crippen LogP contribution < -0.4 is 10.6 Å². The second kappa shape index (κ2) is 6.71. The zero-order valence-electron chi connectivity index (χ0n) is 12.9. The molecule has 0 aromatic rings. The van der Waals surface area contributed by atoms with E-state index < -0.39 is 0 Å². The molecule has 2 atom stereocenters. The molecule has 1 amide bonds. The fourth-order valence-corrected chi connectivity index (χ4v) is 2.90. The molecule has 3 N–H and O–H groups in total. The maximum Gasteiger partial charge on any atom is 0.240 e. The van der Waals surface area contributed by atoms with Gasteiger partial charge in [-0.2, -0.15) is 0 Å². The Kier molecular flexibility index (Phi) is 5.81. The minimum absolute atomic E-state index is 0.0149. The molecular weight excluding hydrogens is 240 g/mol. The van der Waals surface area contributed by atoms with Gasteiger partial charge in [-0.05, 0) is 37.6 Å². The summed E-state index contributed by atoms with van der Waals surface area (Å²) in [7, 11) is 0. The smallest absolute Gasteiger partial charge is 0.240 e. The Hall–Kier alpha value is -0.610. The highest BCUT2D eigenvalue weighted by molar-refractivity contribution is 5.87. The third-order valence-corrected chi connectivity index (χ3v) is 4.12. The molecule has 1 aliphatic rings. The molecule has 4 heteroatoms. The van der Waals surface area contributed by atoms with Crippen molar-refractivity contribution in [2.24, 2.45) is 5.41 Å². The lowest BCUT2D eigenvalue weighted by atomic mass is 9.83. The molecule has 112 valence electrons. The van der Waals surface area contributed by atoms with Crippen LogP contribution in [0.4, 0.5) is 0 Å². The van der Waals surface area contributed by atoms with Crippen LogP contribution in [-0.4, -0.2) is 35.7 Å². The fourth-order valence-electron chi connectivity index (χ4n) is 2.90. The van der Waals surface area contributed by atoms with Gasteiger partial charge in [-0.1, -0.05) is 34.1 Å². The Morgan fingerprint density at radius 3 is 2.58 bits per heavy atom. The highest BCUT2D eigenvalue weighted by atomic mass is 16.3. The number of amides is 1. The van der Waals surface area contributed by atoms with Crippen LogP contribution in [-0.2, 0) is 4.79 Å². The predicted octanol–water partition coefficient (Wildman–Crippen LogP) is 1.82. The average molecular weight is 270 g/mol. The maximum absolute atomic E-state index is 12.6. The van der Waals surface area contributed by atoms with E-state index in [4.69, 9.17) is 0 Å². The largest absolute Gasteiger partial charge is 0.396 e. The molecule has 0 aliphatic carbocycles. The van der Waals surface area contributed by atoms with Gasteiger partial charge in [0.25, 0.3) is 0 Å². The van der Waals surface area contributed by atoms with E-state index in [0.29, 0.717) is 6.42 Å². The number of rotatable bonds is 6. The van der Waals surface area contributed by atoms with Gasteiger partial charge in [0.05, 0.1) is 5.54 Å². The van der Waals surface area contributed by atoms with E-state index in [0.717, 1.165) is 32.2 Å². The van der Waals surface area contributed by atoms with Crippen molar-refractivity contribution >= 4 is 5.91 Å². The van der Waals surface area contributed by atoms with Gasteiger partial charge >= 0.3 is 0 Å². The lowest BCUT2D eigenvalue weighted by Crippen LogP contribution is -2.57. The summed E-state index contributed by atoms with van der Waals surface area (Å²) < 4.78 is 0. The monoisotopic (exact) mass is 270 g/mol. The van der Waals surface area contributed by atoms with Crippen LogP contribution in [0.1, 0.15) is 59.8 Å². The molecule has 0 aromatic carbocycles. The number of hydrogen-bond donors (Lipinski definition) is 3. The highest BCUT2D eigenvalue weighted by Gasteiger charge is 2.41. The van der Waals surface area contributed by atoms with Crippen molar-refractivity contribution in [1.29, 1.82) is 0 Å². The van der Waals surface area contributed by atoms with Crippen molar-refractivity contribution in [3.8, 4) is 0 Å². The summed E-state index contributed by atoms with van der Waals surface area (Å²) in [6, 6.07) is 0.0149. The Bertz CT molecular complexity index is 291. The minimum atomic E-state index is -0.381. The number of carbonyl (C=O) groups is 1. The Labute approximate surface area is 117 Å². The van der Waals surface area contributed by atoms with Gasteiger partial charge in [-0.15, -0.1) is 0 Å². The summed E-state index contributed by atoms with van der Waals surface area (Å²) >= 11 is 0. The molecule has 19 heavy (non-hydrogen) atoms. The van der Waals surface area contributed by atoms with E-state index in [1.54, 1.807) is 0 Å². The van der Waals surface area contributed by atoms with E-state index in [1.165, 1.54) is 0 Å². The summed E-state index contributed by atoms with van der Waals surface area (Å²) in [6.07, 6.45) is 4.48. The SMILES string of the molecule is CCCC1(C(=O)NC(CCO)C(C)(C)C)CCCN1. The zero-order chi connectivity index (χ0) is 14.5. The quantitative estimate of drug-likeness (QED) is 0.690. The molecule has 1 rings (SSSR count). The van der Waals surface area contributed by atoms with Crippen molar-refractivity contribution in [1.82, 2.24) is 10.6 Å². The molecule has 2 unspecified atom stereocenters. The molecule has 4 nitrogen and oxygen atoms in total. The van der Waals surface area contributed by atoms with Gasteiger partial charge in [0.1, 0.15) is 0 Å². The van der Waals surface area contributed by atoms with Crippen LogP contribution in [0.5, 0.6) is 0 Å². The van der Waals surface area contributed by atoms with Gasteiger partial charge in [0.15, 0.2) is 0 Å². The first-order valence-corrected chi connectivity index (χ1v) is 7.52. The lowest BCUT2D eigenvalue weighted by molar-refractivity contribution is -0.129. The van der Waals surface area contributed by atoms with E-state index in [1.807, 2.05) is 0 Å². The van der Waals surface area contributed by atoms with Gasteiger partial charge in [-0.25, -0.2) is 0 Å². The zero-order valence-corrected chi connectivity index (χ0v) is 12.9. The Morgan fingerprint density at radius 1 is 1.47 bits per heavy atom. The fraction of sp³-hybridized carbons (Fsp3) is 0.933. The first kappa shape index (κ1) is 16.4. The standard InChI is InChI=1S/C15H30N2O2/c1-5-8-15(9-6-10-16-15)13(19)17-12(7-11-18)14(2,3)4/h12,16,18H,5-11H2,1-4H3,(H,17,19).